The van der Waals surface area contributed by atoms with E-state index in [1.807, 2.05) is 30.3 Å². The Bertz CT molecular complexity index is 422. The molecule has 1 aromatic rings. The van der Waals surface area contributed by atoms with Crippen molar-refractivity contribution in [3.8, 4) is 5.75 Å². The Morgan fingerprint density at radius 1 is 1.32 bits per heavy atom. The Hall–Kier alpha value is -1.07. The largest absolute Gasteiger partial charge is 0.491 e. The second kappa shape index (κ2) is 11.5. The lowest BCUT2D eigenvalue weighted by Gasteiger charge is -2.28. The molecule has 1 N–H and O–H groups in total. The molecule has 1 aliphatic rings. The normalized spacial score (nSPS) is 16.0. The van der Waals surface area contributed by atoms with Crippen molar-refractivity contribution < 1.29 is 14.6 Å². The first-order valence-corrected chi connectivity index (χ1v) is 7.09. The van der Waals surface area contributed by atoms with Gasteiger partial charge in [0.05, 0.1) is 13.2 Å². The minimum atomic E-state index is -0.482. The molecule has 1 atom stereocenters. The van der Waals surface area contributed by atoms with Crippen molar-refractivity contribution in [1.82, 2.24) is 4.90 Å². The second-order valence-electron chi connectivity index (χ2n) is 4.98. The predicted molar refractivity (Wildman–Crippen MR) is 93.1 cm³/mol. The lowest BCUT2D eigenvalue weighted by atomic mass is 10.1. The summed E-state index contributed by atoms with van der Waals surface area (Å²) in [6.45, 7) is 7.94. The lowest BCUT2D eigenvalue weighted by molar-refractivity contribution is 0.00459. The summed E-state index contributed by atoms with van der Waals surface area (Å²) in [6, 6.07) is 7.87. The molecule has 0 radical (unpaired) electrons. The maximum absolute atomic E-state index is 10.1. The van der Waals surface area contributed by atoms with Crippen LogP contribution < -0.4 is 4.74 Å². The van der Waals surface area contributed by atoms with Crippen molar-refractivity contribution in [2.24, 2.45) is 0 Å². The van der Waals surface area contributed by atoms with Crippen molar-refractivity contribution in [1.29, 1.82) is 0 Å². The highest BCUT2D eigenvalue weighted by Gasteiger charge is 2.15. The Kier molecular flexibility index (Phi) is 10.9. The van der Waals surface area contributed by atoms with Gasteiger partial charge in [0.15, 0.2) is 0 Å². The van der Waals surface area contributed by atoms with E-state index in [1.165, 1.54) is 0 Å². The van der Waals surface area contributed by atoms with Gasteiger partial charge in [0.2, 0.25) is 0 Å². The number of allylic oxidation sites excluding steroid dienone is 1. The molecule has 0 spiro atoms. The number of rotatable bonds is 7. The first-order valence-electron chi connectivity index (χ1n) is 7.09. The molecule has 0 aromatic heterocycles. The van der Waals surface area contributed by atoms with Crippen LogP contribution in [0, 0.1) is 0 Å². The second-order valence-corrected chi connectivity index (χ2v) is 4.98. The van der Waals surface area contributed by atoms with Gasteiger partial charge in [-0.15, -0.1) is 19.0 Å². The van der Waals surface area contributed by atoms with Gasteiger partial charge in [0.25, 0.3) is 0 Å². The Morgan fingerprint density at radius 2 is 2.00 bits per heavy atom. The van der Waals surface area contributed by atoms with Crippen LogP contribution in [0.3, 0.4) is 0 Å². The average molecular weight is 330 g/mol. The smallest absolute Gasteiger partial charge is 0.122 e. The van der Waals surface area contributed by atoms with E-state index in [0.29, 0.717) is 13.2 Å². The van der Waals surface area contributed by atoms with Gasteiger partial charge in [-0.2, -0.15) is 0 Å². The molecule has 0 aliphatic carbocycles. The number of para-hydroxylation sites is 1. The van der Waals surface area contributed by atoms with E-state index < -0.39 is 6.10 Å². The summed E-state index contributed by atoms with van der Waals surface area (Å²) in [7, 11) is 0. The third kappa shape index (κ3) is 6.79. The van der Waals surface area contributed by atoms with E-state index in [1.54, 1.807) is 0 Å². The van der Waals surface area contributed by atoms with Gasteiger partial charge >= 0.3 is 0 Å². The van der Waals surface area contributed by atoms with Gasteiger partial charge in [-0.05, 0) is 18.1 Å². The number of hydrogen-bond donors (Lipinski definition) is 1. The van der Waals surface area contributed by atoms with E-state index in [0.717, 1.165) is 44.0 Å². The van der Waals surface area contributed by atoms with Crippen LogP contribution in [-0.4, -0.2) is 55.6 Å². The summed E-state index contributed by atoms with van der Waals surface area (Å²) in [6.07, 6.45) is 2.15. The molecule has 0 saturated carbocycles. The van der Waals surface area contributed by atoms with Crippen LogP contribution in [0.25, 0.3) is 0 Å². The van der Waals surface area contributed by atoms with E-state index in [2.05, 4.69) is 11.5 Å². The summed E-state index contributed by atoms with van der Waals surface area (Å²) in [5.41, 5.74) is 1.10. The van der Waals surface area contributed by atoms with E-state index >= 15 is 0 Å². The van der Waals surface area contributed by atoms with Crippen LogP contribution in [0.5, 0.6) is 5.75 Å². The van der Waals surface area contributed by atoms with Crippen LogP contribution in [0.2, 0.25) is 0 Å². The summed E-state index contributed by atoms with van der Waals surface area (Å²) >= 11 is 0. The van der Waals surface area contributed by atoms with Crippen molar-refractivity contribution in [2.75, 3.05) is 39.5 Å². The van der Waals surface area contributed by atoms with Crippen LogP contribution in [0.15, 0.2) is 36.9 Å². The first-order chi connectivity index (χ1) is 9.79. The summed E-state index contributed by atoms with van der Waals surface area (Å²) in [4.78, 5) is 2.20. The van der Waals surface area contributed by atoms with E-state index in [9.17, 15) is 5.11 Å². The minimum absolute atomic E-state index is 0. The average Bonchev–Trinajstić information content (AvgIpc) is 2.48. The monoisotopic (exact) mass is 329 g/mol. The fourth-order valence-electron chi connectivity index (χ4n) is 2.29. The Balaban J connectivity index is 0.00000220. The van der Waals surface area contributed by atoms with Gasteiger partial charge in [-0.1, -0.05) is 31.7 Å². The highest BCUT2D eigenvalue weighted by molar-refractivity contribution is 5.85. The number of β-amino-alcohol motifs (C(OH)–C–C–N with tert-alkyl or cyclic N) is 1. The molecule has 126 valence electrons. The molecule has 5 heteroatoms. The zero-order valence-corrected chi connectivity index (χ0v) is 13.1. The third-order valence-corrected chi connectivity index (χ3v) is 3.34. The van der Waals surface area contributed by atoms with E-state index in [-0.39, 0.29) is 19.8 Å². The molecule has 1 unspecified atom stereocenters. The Labute approximate surface area is 140 Å². The number of benzene rings is 1. The third-order valence-electron chi connectivity index (χ3n) is 3.34. The number of aliphatic hydroxyl groups excluding tert-OH is 1. The van der Waals surface area contributed by atoms with Crippen molar-refractivity contribution in [2.45, 2.75) is 20.0 Å². The molecule has 22 heavy (non-hydrogen) atoms. The zero-order valence-electron chi connectivity index (χ0n) is 12.2. The van der Waals surface area contributed by atoms with Gasteiger partial charge in [-0.3, -0.25) is 4.90 Å². The summed E-state index contributed by atoms with van der Waals surface area (Å²) in [5, 5.41) is 10.1. The predicted octanol–water partition coefficient (Wildman–Crippen LogP) is 2.54. The van der Waals surface area contributed by atoms with Gasteiger partial charge < -0.3 is 14.6 Å². The van der Waals surface area contributed by atoms with Gasteiger partial charge in [0.1, 0.15) is 18.5 Å². The highest BCUT2D eigenvalue weighted by Crippen LogP contribution is 2.19. The molecule has 0 amide bonds. The van der Waals surface area contributed by atoms with Gasteiger partial charge in [-0.25, -0.2) is 0 Å². The number of aliphatic hydroxyl groups is 1. The standard InChI is InChI=1S/C16H23NO3.CH4.ClH/c1-2-5-14-6-3-4-7-16(14)20-13-15(18)12-17-8-10-19-11-9-17;;/h2-4,6-7,15,18H,1,5,8-13H2;1H4;1H. The van der Waals surface area contributed by atoms with Crippen molar-refractivity contribution in [3.05, 3.63) is 42.5 Å². The fourth-order valence-corrected chi connectivity index (χ4v) is 2.29. The number of morpholine rings is 1. The molecule has 0 bridgehead atoms. The first kappa shape index (κ1) is 20.9. The zero-order chi connectivity index (χ0) is 14.2. The summed E-state index contributed by atoms with van der Waals surface area (Å²) < 4.78 is 11.0. The topological polar surface area (TPSA) is 41.9 Å². The molecule has 1 aromatic carbocycles. The summed E-state index contributed by atoms with van der Waals surface area (Å²) in [5.74, 6) is 0.827. The van der Waals surface area contributed by atoms with Crippen molar-refractivity contribution >= 4 is 12.4 Å². The lowest BCUT2D eigenvalue weighted by Crippen LogP contribution is -2.42. The van der Waals surface area contributed by atoms with Crippen LogP contribution >= 0.6 is 12.4 Å². The highest BCUT2D eigenvalue weighted by atomic mass is 35.5. The van der Waals surface area contributed by atoms with E-state index in [4.69, 9.17) is 9.47 Å². The fraction of sp³-hybridized carbons (Fsp3) is 0.529. The molecular weight excluding hydrogens is 302 g/mol. The molecule has 1 aliphatic heterocycles. The number of hydrogen-bond acceptors (Lipinski definition) is 4. The molecule has 1 heterocycles. The van der Waals surface area contributed by atoms with Crippen molar-refractivity contribution in [3.63, 3.8) is 0 Å². The molecule has 4 nitrogen and oxygen atoms in total. The van der Waals surface area contributed by atoms with Crippen LogP contribution in [0.4, 0.5) is 0 Å². The molecule has 2 rings (SSSR count). The number of nitrogens with zero attached hydrogens (tertiary/aromatic N) is 1. The number of halogens is 1. The maximum atomic E-state index is 10.1. The molecule has 1 fully saturated rings. The SMILES string of the molecule is C.C=CCc1ccccc1OCC(O)CN1CCOCC1.Cl. The van der Waals surface area contributed by atoms with Crippen LogP contribution in [0.1, 0.15) is 13.0 Å². The van der Waals surface area contributed by atoms with Crippen LogP contribution in [-0.2, 0) is 11.2 Å². The quantitative estimate of drug-likeness (QED) is 0.781. The Morgan fingerprint density at radius 3 is 2.68 bits per heavy atom. The minimum Gasteiger partial charge on any atom is -0.491 e. The maximum Gasteiger partial charge on any atom is 0.122 e. The molecular formula is C17H28ClNO3. The van der Waals surface area contributed by atoms with Gasteiger partial charge in [0, 0.05) is 19.6 Å². The molecule has 1 saturated heterocycles. The number of ether oxygens (including phenoxy) is 2.